The van der Waals surface area contributed by atoms with E-state index in [2.05, 4.69) is 10.3 Å². The van der Waals surface area contributed by atoms with Crippen LogP contribution in [0.4, 0.5) is 0 Å². The van der Waals surface area contributed by atoms with Crippen molar-refractivity contribution >= 4 is 28.8 Å². The largest absolute Gasteiger partial charge is 0.349 e. The van der Waals surface area contributed by atoms with Gasteiger partial charge in [0.2, 0.25) is 0 Å². The fourth-order valence-electron chi connectivity index (χ4n) is 1.37. The summed E-state index contributed by atoms with van der Waals surface area (Å²) < 4.78 is 0. The molecule has 82 valence electrons. The number of carbonyl (C=O) groups is 1. The number of nitrogens with one attached hydrogen (secondary N) is 1. The topological polar surface area (TPSA) is 42.0 Å². The van der Waals surface area contributed by atoms with E-state index in [1.165, 1.54) is 24.2 Å². The molecule has 1 unspecified atom stereocenters. The number of amides is 1. The third-order valence-corrected chi connectivity index (χ3v) is 3.73. The van der Waals surface area contributed by atoms with Crippen molar-refractivity contribution in [3.63, 3.8) is 0 Å². The summed E-state index contributed by atoms with van der Waals surface area (Å²) in [6.45, 7) is 2.43. The van der Waals surface area contributed by atoms with Crippen molar-refractivity contribution in [2.75, 3.05) is 6.54 Å². The van der Waals surface area contributed by atoms with Gasteiger partial charge < -0.3 is 5.32 Å². The maximum absolute atomic E-state index is 11.6. The Balaban J connectivity index is 1.81. The summed E-state index contributed by atoms with van der Waals surface area (Å²) >= 11 is 7.56. The number of hydrogen-bond donors (Lipinski definition) is 1. The van der Waals surface area contributed by atoms with Crippen LogP contribution in [0.2, 0.25) is 0 Å². The molecule has 0 spiro atoms. The van der Waals surface area contributed by atoms with Crippen molar-refractivity contribution in [1.82, 2.24) is 10.3 Å². The van der Waals surface area contributed by atoms with Crippen molar-refractivity contribution in [3.05, 3.63) is 16.1 Å². The van der Waals surface area contributed by atoms with Gasteiger partial charge in [-0.2, -0.15) is 0 Å². The van der Waals surface area contributed by atoms with Crippen LogP contribution in [0, 0.1) is 12.8 Å². The SMILES string of the molecule is Cc1nc(C(=O)NCC(Cl)C2CC2)cs1. The molecule has 1 saturated carbocycles. The highest BCUT2D eigenvalue weighted by atomic mass is 35.5. The van der Waals surface area contributed by atoms with E-state index < -0.39 is 0 Å². The van der Waals surface area contributed by atoms with E-state index in [9.17, 15) is 4.79 Å². The second-order valence-electron chi connectivity index (χ2n) is 3.82. The highest BCUT2D eigenvalue weighted by Gasteiger charge is 2.29. The smallest absolute Gasteiger partial charge is 0.270 e. The van der Waals surface area contributed by atoms with Crippen molar-refractivity contribution in [1.29, 1.82) is 0 Å². The van der Waals surface area contributed by atoms with Gasteiger partial charge in [-0.1, -0.05) is 0 Å². The van der Waals surface area contributed by atoms with Crippen molar-refractivity contribution in [2.45, 2.75) is 25.1 Å². The second kappa shape index (κ2) is 4.49. The van der Waals surface area contributed by atoms with Crippen LogP contribution >= 0.6 is 22.9 Å². The maximum Gasteiger partial charge on any atom is 0.270 e. The number of alkyl halides is 1. The Hall–Kier alpha value is -0.610. The van der Waals surface area contributed by atoms with E-state index in [0.29, 0.717) is 18.2 Å². The molecule has 1 aliphatic rings. The Kier molecular flexibility index (Phi) is 3.26. The molecule has 15 heavy (non-hydrogen) atoms. The molecular weight excluding hydrogens is 232 g/mol. The van der Waals surface area contributed by atoms with Gasteiger partial charge in [0.1, 0.15) is 5.69 Å². The lowest BCUT2D eigenvalue weighted by atomic mass is 10.3. The first-order valence-corrected chi connectivity index (χ1v) is 6.33. The molecule has 1 atom stereocenters. The summed E-state index contributed by atoms with van der Waals surface area (Å²) in [6.07, 6.45) is 2.39. The number of halogens is 1. The zero-order valence-electron chi connectivity index (χ0n) is 8.50. The Morgan fingerprint density at radius 1 is 1.80 bits per heavy atom. The summed E-state index contributed by atoms with van der Waals surface area (Å²) in [6, 6.07) is 0. The third kappa shape index (κ3) is 2.92. The molecule has 1 amide bonds. The number of aryl methyl sites for hydroxylation is 1. The molecule has 0 aliphatic heterocycles. The lowest BCUT2D eigenvalue weighted by molar-refractivity contribution is 0.0948. The minimum Gasteiger partial charge on any atom is -0.349 e. The fourth-order valence-corrected chi connectivity index (χ4v) is 2.30. The molecule has 1 fully saturated rings. The van der Waals surface area contributed by atoms with Gasteiger partial charge in [0.15, 0.2) is 0 Å². The molecule has 1 aromatic rings. The molecule has 2 rings (SSSR count). The number of aromatic nitrogens is 1. The summed E-state index contributed by atoms with van der Waals surface area (Å²) in [5.74, 6) is 0.481. The average molecular weight is 245 g/mol. The Bertz CT molecular complexity index is 362. The van der Waals surface area contributed by atoms with Crippen LogP contribution in [-0.2, 0) is 0 Å². The summed E-state index contributed by atoms with van der Waals surface area (Å²) in [4.78, 5) is 15.7. The lowest BCUT2D eigenvalue weighted by Crippen LogP contribution is -2.30. The molecule has 1 aromatic heterocycles. The van der Waals surface area contributed by atoms with Gasteiger partial charge in [-0.3, -0.25) is 4.79 Å². The van der Waals surface area contributed by atoms with Gasteiger partial charge in [0.05, 0.1) is 10.4 Å². The molecule has 0 radical (unpaired) electrons. The highest BCUT2D eigenvalue weighted by Crippen LogP contribution is 2.35. The Morgan fingerprint density at radius 2 is 2.53 bits per heavy atom. The van der Waals surface area contributed by atoms with Gasteiger partial charge in [0, 0.05) is 11.9 Å². The zero-order chi connectivity index (χ0) is 10.8. The summed E-state index contributed by atoms with van der Waals surface area (Å²) in [7, 11) is 0. The first-order valence-electron chi connectivity index (χ1n) is 5.01. The van der Waals surface area contributed by atoms with Crippen LogP contribution < -0.4 is 5.32 Å². The van der Waals surface area contributed by atoms with Crippen LogP contribution in [-0.4, -0.2) is 22.8 Å². The van der Waals surface area contributed by atoms with Gasteiger partial charge >= 0.3 is 0 Å². The minimum atomic E-state index is -0.120. The van der Waals surface area contributed by atoms with Crippen LogP contribution in [0.15, 0.2) is 5.38 Å². The molecule has 0 saturated heterocycles. The lowest BCUT2D eigenvalue weighted by Gasteiger charge is -2.08. The summed E-state index contributed by atoms with van der Waals surface area (Å²) in [5, 5.41) is 5.56. The van der Waals surface area contributed by atoms with E-state index in [1.807, 2.05) is 6.92 Å². The van der Waals surface area contributed by atoms with Crippen molar-refractivity contribution < 1.29 is 4.79 Å². The average Bonchev–Trinajstić information content (AvgIpc) is 2.97. The number of nitrogens with zero attached hydrogens (tertiary/aromatic N) is 1. The number of carbonyl (C=O) groups excluding carboxylic acids is 1. The van der Waals surface area contributed by atoms with E-state index in [4.69, 9.17) is 11.6 Å². The van der Waals surface area contributed by atoms with Gasteiger partial charge in [0.25, 0.3) is 5.91 Å². The molecule has 5 heteroatoms. The normalized spacial score (nSPS) is 17.5. The quantitative estimate of drug-likeness (QED) is 0.826. The standard InChI is InChI=1S/C10H13ClN2OS/c1-6-13-9(5-15-6)10(14)12-4-8(11)7-2-3-7/h5,7-8H,2-4H2,1H3,(H,12,14). The Morgan fingerprint density at radius 3 is 3.07 bits per heavy atom. The second-order valence-corrected chi connectivity index (χ2v) is 5.44. The van der Waals surface area contributed by atoms with E-state index in [0.717, 1.165) is 5.01 Å². The third-order valence-electron chi connectivity index (χ3n) is 2.44. The van der Waals surface area contributed by atoms with Crippen LogP contribution in [0.5, 0.6) is 0 Å². The molecule has 0 aromatic carbocycles. The monoisotopic (exact) mass is 244 g/mol. The molecule has 3 nitrogen and oxygen atoms in total. The minimum absolute atomic E-state index is 0.0775. The molecule has 1 N–H and O–H groups in total. The van der Waals surface area contributed by atoms with E-state index in [-0.39, 0.29) is 11.3 Å². The molecule has 1 heterocycles. The first kappa shape index (κ1) is 10.9. The highest BCUT2D eigenvalue weighted by molar-refractivity contribution is 7.09. The number of thiazole rings is 1. The van der Waals surface area contributed by atoms with Gasteiger partial charge in [-0.05, 0) is 25.7 Å². The van der Waals surface area contributed by atoms with E-state index in [1.54, 1.807) is 5.38 Å². The van der Waals surface area contributed by atoms with Crippen LogP contribution in [0.25, 0.3) is 0 Å². The predicted octanol–water partition coefficient (Wildman–Crippen LogP) is 2.20. The van der Waals surface area contributed by atoms with Gasteiger partial charge in [-0.15, -0.1) is 22.9 Å². The number of rotatable bonds is 4. The summed E-state index contributed by atoms with van der Waals surface area (Å²) in [5.41, 5.74) is 0.497. The predicted molar refractivity (Wildman–Crippen MR) is 61.5 cm³/mol. The van der Waals surface area contributed by atoms with Crippen molar-refractivity contribution in [2.24, 2.45) is 5.92 Å². The maximum atomic E-state index is 11.6. The molecule has 0 bridgehead atoms. The van der Waals surface area contributed by atoms with Crippen molar-refractivity contribution in [3.8, 4) is 0 Å². The van der Waals surface area contributed by atoms with Gasteiger partial charge in [-0.25, -0.2) is 4.98 Å². The molecule has 1 aliphatic carbocycles. The Labute approximate surface area is 97.9 Å². The van der Waals surface area contributed by atoms with E-state index >= 15 is 0 Å². The zero-order valence-corrected chi connectivity index (χ0v) is 10.1. The molecular formula is C10H13ClN2OS. The number of hydrogen-bond acceptors (Lipinski definition) is 3. The fraction of sp³-hybridized carbons (Fsp3) is 0.600. The van der Waals surface area contributed by atoms with Crippen LogP contribution in [0.3, 0.4) is 0 Å². The van der Waals surface area contributed by atoms with Crippen LogP contribution in [0.1, 0.15) is 28.3 Å². The first-order chi connectivity index (χ1) is 7.16.